The molecule has 1 aromatic heterocycles. The standard InChI is InChI=1S/C16H30N4O/c1-11-8-6-7-9-13(11)19(3)14(10-17)15-12(2)18-20(4)16(15)21-5/h11,13-14H,6-10,17H2,1-5H3. The summed E-state index contributed by atoms with van der Waals surface area (Å²) in [7, 11) is 5.83. The van der Waals surface area contributed by atoms with Gasteiger partial charge in [0, 0.05) is 19.6 Å². The van der Waals surface area contributed by atoms with Gasteiger partial charge >= 0.3 is 0 Å². The Labute approximate surface area is 128 Å². The van der Waals surface area contributed by atoms with Crippen LogP contribution in [-0.4, -0.2) is 41.4 Å². The van der Waals surface area contributed by atoms with Gasteiger partial charge in [-0.1, -0.05) is 19.8 Å². The Morgan fingerprint density at radius 2 is 2.10 bits per heavy atom. The average Bonchev–Trinajstić information content (AvgIpc) is 2.74. The van der Waals surface area contributed by atoms with Crippen LogP contribution >= 0.6 is 0 Å². The fourth-order valence-electron chi connectivity index (χ4n) is 3.90. The molecule has 1 aromatic rings. The maximum Gasteiger partial charge on any atom is 0.216 e. The molecule has 0 aliphatic heterocycles. The van der Waals surface area contributed by atoms with E-state index in [0.29, 0.717) is 12.6 Å². The Hall–Kier alpha value is -1.07. The Morgan fingerprint density at radius 1 is 1.43 bits per heavy atom. The van der Waals surface area contributed by atoms with Crippen molar-refractivity contribution in [3.63, 3.8) is 0 Å². The predicted molar refractivity (Wildman–Crippen MR) is 85.5 cm³/mol. The van der Waals surface area contributed by atoms with E-state index in [2.05, 4.69) is 24.0 Å². The molecular formula is C16H30N4O. The normalized spacial score (nSPS) is 24.3. The molecular weight excluding hydrogens is 264 g/mol. The molecule has 1 aliphatic carbocycles. The molecule has 0 saturated heterocycles. The zero-order chi connectivity index (χ0) is 15.6. The molecule has 0 spiro atoms. The van der Waals surface area contributed by atoms with Crippen LogP contribution in [0.25, 0.3) is 0 Å². The Balaban J connectivity index is 2.30. The molecule has 21 heavy (non-hydrogen) atoms. The van der Waals surface area contributed by atoms with Gasteiger partial charge in [-0.2, -0.15) is 5.10 Å². The summed E-state index contributed by atoms with van der Waals surface area (Å²) in [5, 5.41) is 4.51. The minimum Gasteiger partial charge on any atom is -0.481 e. The quantitative estimate of drug-likeness (QED) is 0.905. The molecule has 3 unspecified atom stereocenters. The van der Waals surface area contributed by atoms with Gasteiger partial charge in [0.1, 0.15) is 0 Å². The van der Waals surface area contributed by atoms with Gasteiger partial charge < -0.3 is 10.5 Å². The lowest BCUT2D eigenvalue weighted by molar-refractivity contribution is 0.0975. The minimum atomic E-state index is 0.166. The minimum absolute atomic E-state index is 0.166. The van der Waals surface area contributed by atoms with Crippen molar-refractivity contribution in [1.82, 2.24) is 14.7 Å². The number of likely N-dealkylation sites (N-methyl/N-ethyl adjacent to an activating group) is 1. The molecule has 1 aliphatic rings. The van der Waals surface area contributed by atoms with Gasteiger partial charge in [0.05, 0.1) is 24.4 Å². The van der Waals surface area contributed by atoms with Crippen molar-refractivity contribution < 1.29 is 4.74 Å². The third-order valence-electron chi connectivity index (χ3n) is 5.04. The van der Waals surface area contributed by atoms with Crippen molar-refractivity contribution in [1.29, 1.82) is 0 Å². The molecule has 3 atom stereocenters. The van der Waals surface area contributed by atoms with Crippen LogP contribution in [0, 0.1) is 12.8 Å². The maximum atomic E-state index is 6.13. The largest absolute Gasteiger partial charge is 0.481 e. The van der Waals surface area contributed by atoms with E-state index in [9.17, 15) is 0 Å². The molecule has 2 rings (SSSR count). The van der Waals surface area contributed by atoms with Crippen LogP contribution in [-0.2, 0) is 7.05 Å². The van der Waals surface area contributed by atoms with E-state index < -0.39 is 0 Å². The van der Waals surface area contributed by atoms with Crippen molar-refractivity contribution in [3.8, 4) is 5.88 Å². The summed E-state index contributed by atoms with van der Waals surface area (Å²) < 4.78 is 7.37. The first-order valence-electron chi connectivity index (χ1n) is 8.00. The second kappa shape index (κ2) is 6.79. The Morgan fingerprint density at radius 3 is 2.67 bits per heavy atom. The maximum absolute atomic E-state index is 6.13. The summed E-state index contributed by atoms with van der Waals surface area (Å²) in [4.78, 5) is 2.45. The number of aryl methyl sites for hydroxylation is 2. The summed E-state index contributed by atoms with van der Waals surface area (Å²) in [5.74, 6) is 1.55. The molecule has 0 radical (unpaired) electrons. The number of ether oxygens (including phenoxy) is 1. The van der Waals surface area contributed by atoms with Crippen LogP contribution in [0.1, 0.15) is 49.9 Å². The third kappa shape index (κ3) is 3.09. The van der Waals surface area contributed by atoms with Crippen molar-refractivity contribution in [2.24, 2.45) is 18.7 Å². The van der Waals surface area contributed by atoms with Crippen molar-refractivity contribution in [2.45, 2.75) is 51.6 Å². The van der Waals surface area contributed by atoms with Crippen LogP contribution < -0.4 is 10.5 Å². The van der Waals surface area contributed by atoms with E-state index >= 15 is 0 Å². The number of aromatic nitrogens is 2. The number of hydrogen-bond acceptors (Lipinski definition) is 4. The molecule has 1 fully saturated rings. The molecule has 5 nitrogen and oxygen atoms in total. The zero-order valence-electron chi connectivity index (χ0n) is 14.1. The van der Waals surface area contributed by atoms with Gasteiger partial charge in [-0.25, -0.2) is 4.68 Å². The van der Waals surface area contributed by atoms with E-state index in [1.54, 1.807) is 7.11 Å². The highest BCUT2D eigenvalue weighted by molar-refractivity contribution is 5.34. The van der Waals surface area contributed by atoms with Crippen LogP contribution in [0.3, 0.4) is 0 Å². The summed E-state index contributed by atoms with van der Waals surface area (Å²) >= 11 is 0. The zero-order valence-corrected chi connectivity index (χ0v) is 14.1. The number of rotatable bonds is 5. The first-order chi connectivity index (χ1) is 10.0. The second-order valence-corrected chi connectivity index (χ2v) is 6.38. The Kier molecular flexibility index (Phi) is 5.27. The van der Waals surface area contributed by atoms with Crippen LogP contribution in [0.5, 0.6) is 5.88 Å². The molecule has 0 amide bonds. The van der Waals surface area contributed by atoms with E-state index in [4.69, 9.17) is 10.5 Å². The van der Waals surface area contributed by atoms with Gasteiger partial charge in [-0.3, -0.25) is 4.90 Å². The third-order valence-corrected chi connectivity index (χ3v) is 5.04. The predicted octanol–water partition coefficient (Wildman–Crippen LogP) is 2.25. The van der Waals surface area contributed by atoms with Crippen molar-refractivity contribution in [2.75, 3.05) is 20.7 Å². The van der Waals surface area contributed by atoms with Crippen molar-refractivity contribution in [3.05, 3.63) is 11.3 Å². The van der Waals surface area contributed by atoms with Gasteiger partial charge in [0.2, 0.25) is 5.88 Å². The Bertz CT molecular complexity index is 471. The molecule has 2 N–H and O–H groups in total. The first-order valence-corrected chi connectivity index (χ1v) is 8.00. The summed E-state index contributed by atoms with van der Waals surface area (Å²) in [5.41, 5.74) is 8.28. The van der Waals surface area contributed by atoms with Gasteiger partial charge in [-0.05, 0) is 32.7 Å². The summed E-state index contributed by atoms with van der Waals surface area (Å²) in [6.07, 6.45) is 5.25. The fourth-order valence-corrected chi connectivity index (χ4v) is 3.90. The van der Waals surface area contributed by atoms with E-state index in [1.165, 1.54) is 25.7 Å². The van der Waals surface area contributed by atoms with E-state index in [1.807, 2.05) is 18.7 Å². The molecule has 120 valence electrons. The number of methoxy groups -OCH3 is 1. The number of hydrogen-bond donors (Lipinski definition) is 1. The van der Waals surface area contributed by atoms with E-state index in [0.717, 1.165) is 23.1 Å². The topological polar surface area (TPSA) is 56.3 Å². The average molecular weight is 294 g/mol. The number of nitrogens with zero attached hydrogens (tertiary/aromatic N) is 3. The van der Waals surface area contributed by atoms with Crippen LogP contribution in [0.2, 0.25) is 0 Å². The first kappa shape index (κ1) is 16.3. The van der Waals surface area contributed by atoms with Crippen LogP contribution in [0.4, 0.5) is 0 Å². The lowest BCUT2D eigenvalue weighted by Crippen LogP contribution is -2.43. The monoisotopic (exact) mass is 294 g/mol. The SMILES string of the molecule is COc1c(C(CN)N(C)C2CCCCC2C)c(C)nn1C. The molecule has 0 aromatic carbocycles. The second-order valence-electron chi connectivity index (χ2n) is 6.38. The molecule has 0 bridgehead atoms. The van der Waals surface area contributed by atoms with Crippen LogP contribution in [0.15, 0.2) is 0 Å². The lowest BCUT2D eigenvalue weighted by atomic mass is 9.84. The smallest absolute Gasteiger partial charge is 0.216 e. The highest BCUT2D eigenvalue weighted by atomic mass is 16.5. The molecule has 1 saturated carbocycles. The van der Waals surface area contributed by atoms with Gasteiger partial charge in [0.15, 0.2) is 0 Å². The highest BCUT2D eigenvalue weighted by Crippen LogP contribution is 2.36. The number of nitrogens with two attached hydrogens (primary N) is 1. The van der Waals surface area contributed by atoms with E-state index in [-0.39, 0.29) is 6.04 Å². The fraction of sp³-hybridized carbons (Fsp3) is 0.812. The van der Waals surface area contributed by atoms with Gasteiger partial charge in [-0.15, -0.1) is 0 Å². The lowest BCUT2D eigenvalue weighted by Gasteiger charge is -2.40. The summed E-state index contributed by atoms with van der Waals surface area (Å²) in [6, 6.07) is 0.760. The molecule has 5 heteroatoms. The van der Waals surface area contributed by atoms with Gasteiger partial charge in [0.25, 0.3) is 0 Å². The van der Waals surface area contributed by atoms with Crippen molar-refractivity contribution >= 4 is 0 Å². The molecule has 1 heterocycles. The highest BCUT2D eigenvalue weighted by Gasteiger charge is 2.33. The summed E-state index contributed by atoms with van der Waals surface area (Å²) in [6.45, 7) is 4.99.